The van der Waals surface area contributed by atoms with Gasteiger partial charge in [-0.2, -0.15) is 0 Å². The molecule has 3 N–H and O–H groups in total. The van der Waals surface area contributed by atoms with E-state index in [1.165, 1.54) is 6.92 Å². The molecular formula is C33H38N2O5. The molecule has 0 saturated heterocycles. The molecule has 0 aliphatic heterocycles. The molecule has 3 aromatic carbocycles. The molecule has 210 valence electrons. The summed E-state index contributed by atoms with van der Waals surface area (Å²) in [6, 6.07) is 18.4. The number of carbonyl (C=O) groups excluding carboxylic acids is 3. The van der Waals surface area contributed by atoms with Gasteiger partial charge in [0.05, 0.1) is 18.1 Å². The van der Waals surface area contributed by atoms with E-state index in [4.69, 9.17) is 4.74 Å². The Bertz CT molecular complexity index is 1440. The fourth-order valence-corrected chi connectivity index (χ4v) is 5.80. The number of ether oxygens (including phenoxy) is 1. The minimum Gasteiger partial charge on any atom is -0.494 e. The minimum atomic E-state index is -1.69. The Kier molecular flexibility index (Phi) is 8.45. The van der Waals surface area contributed by atoms with Crippen molar-refractivity contribution in [2.75, 3.05) is 17.2 Å². The van der Waals surface area contributed by atoms with Gasteiger partial charge in [-0.25, -0.2) is 0 Å². The van der Waals surface area contributed by atoms with Crippen LogP contribution in [0.15, 0.2) is 60.7 Å². The Morgan fingerprint density at radius 2 is 1.48 bits per heavy atom. The lowest BCUT2D eigenvalue weighted by Gasteiger charge is -2.44. The third kappa shape index (κ3) is 6.10. The lowest BCUT2D eigenvalue weighted by Crippen LogP contribution is -2.56. The van der Waals surface area contributed by atoms with Gasteiger partial charge in [-0.15, -0.1) is 0 Å². The molecule has 1 aliphatic rings. The Morgan fingerprint density at radius 3 is 2.02 bits per heavy atom. The number of rotatable bonds is 7. The number of amides is 2. The van der Waals surface area contributed by atoms with Crippen molar-refractivity contribution in [3.8, 4) is 5.75 Å². The molecule has 0 aromatic heterocycles. The van der Waals surface area contributed by atoms with Gasteiger partial charge < -0.3 is 20.5 Å². The van der Waals surface area contributed by atoms with Crippen LogP contribution in [0.1, 0.15) is 54.0 Å². The topological polar surface area (TPSA) is 105 Å². The van der Waals surface area contributed by atoms with E-state index in [0.717, 1.165) is 22.3 Å². The van der Waals surface area contributed by atoms with E-state index < -0.39 is 41.0 Å². The molecule has 4 rings (SSSR count). The maximum atomic E-state index is 14.0. The number of nitrogens with one attached hydrogen (secondary N) is 2. The first-order chi connectivity index (χ1) is 18.9. The number of hydrogen-bond acceptors (Lipinski definition) is 5. The number of anilines is 2. The van der Waals surface area contributed by atoms with Gasteiger partial charge in [0.2, 0.25) is 11.8 Å². The Balaban J connectivity index is 1.80. The molecule has 7 nitrogen and oxygen atoms in total. The van der Waals surface area contributed by atoms with Crippen molar-refractivity contribution < 1.29 is 24.2 Å². The molecule has 0 bridgehead atoms. The van der Waals surface area contributed by atoms with Crippen LogP contribution < -0.4 is 15.4 Å². The Morgan fingerprint density at radius 1 is 0.900 bits per heavy atom. The predicted molar refractivity (Wildman–Crippen MR) is 157 cm³/mol. The minimum absolute atomic E-state index is 0.329. The molecule has 1 aliphatic carbocycles. The second kappa shape index (κ2) is 11.6. The molecule has 2 amide bonds. The standard InChI is InChI=1S/C33H38N2O5/c1-7-40-24-10-8-9-23(17-24)28-29(31(37)34-25-13-11-19(2)15-21(25)4)27(36)18-33(6,39)30(28)32(38)35-26-14-12-20(3)16-22(26)5/h8-17,28-30,39H,7,18H2,1-6H3,(H,34,37)(H,35,38). The first-order valence-electron chi connectivity index (χ1n) is 13.7. The molecule has 7 heteroatoms. The third-order valence-electron chi connectivity index (χ3n) is 7.67. The van der Waals surface area contributed by atoms with Crippen molar-refractivity contribution in [2.24, 2.45) is 11.8 Å². The number of Topliss-reactive ketones (excluding diaryl/α,β-unsaturated/α-hetero) is 1. The van der Waals surface area contributed by atoms with Crippen molar-refractivity contribution in [1.29, 1.82) is 0 Å². The fraction of sp³-hybridized carbons (Fsp3) is 0.364. The number of aryl methyl sites for hydroxylation is 4. The van der Waals surface area contributed by atoms with Gasteiger partial charge in [0.25, 0.3) is 0 Å². The first-order valence-corrected chi connectivity index (χ1v) is 13.7. The molecule has 4 unspecified atom stereocenters. The summed E-state index contributed by atoms with van der Waals surface area (Å²) < 4.78 is 5.70. The zero-order valence-electron chi connectivity index (χ0n) is 24.0. The van der Waals surface area contributed by atoms with E-state index in [9.17, 15) is 19.5 Å². The van der Waals surface area contributed by atoms with Crippen LogP contribution in [-0.2, 0) is 14.4 Å². The first kappa shape index (κ1) is 29.0. The summed E-state index contributed by atoms with van der Waals surface area (Å²) in [5, 5.41) is 17.5. The van der Waals surface area contributed by atoms with E-state index in [1.54, 1.807) is 30.3 Å². The molecule has 40 heavy (non-hydrogen) atoms. The highest BCUT2D eigenvalue weighted by molar-refractivity contribution is 6.10. The van der Waals surface area contributed by atoms with Gasteiger partial charge in [-0.1, -0.05) is 47.5 Å². The van der Waals surface area contributed by atoms with E-state index >= 15 is 0 Å². The molecule has 0 radical (unpaired) electrons. The summed E-state index contributed by atoms with van der Waals surface area (Å²) in [5.74, 6) is -4.07. The second-order valence-corrected chi connectivity index (χ2v) is 11.1. The fourth-order valence-electron chi connectivity index (χ4n) is 5.80. The molecule has 0 heterocycles. The highest BCUT2D eigenvalue weighted by Crippen LogP contribution is 2.47. The summed E-state index contributed by atoms with van der Waals surface area (Å²) in [5.41, 5.74) is 3.93. The number of ketones is 1. The van der Waals surface area contributed by atoms with Crippen molar-refractivity contribution in [1.82, 2.24) is 0 Å². The lowest BCUT2D eigenvalue weighted by molar-refractivity contribution is -0.150. The van der Waals surface area contributed by atoms with Crippen molar-refractivity contribution in [3.63, 3.8) is 0 Å². The maximum absolute atomic E-state index is 14.0. The Hall–Kier alpha value is -3.97. The quantitative estimate of drug-likeness (QED) is 0.336. The molecule has 3 aromatic rings. The van der Waals surface area contributed by atoms with Crippen LogP contribution in [0.2, 0.25) is 0 Å². The van der Waals surface area contributed by atoms with Crippen LogP contribution >= 0.6 is 0 Å². The van der Waals surface area contributed by atoms with Gasteiger partial charge in [0, 0.05) is 23.7 Å². The maximum Gasteiger partial charge on any atom is 0.235 e. The van der Waals surface area contributed by atoms with Gasteiger partial charge >= 0.3 is 0 Å². The van der Waals surface area contributed by atoms with Crippen LogP contribution in [-0.4, -0.2) is 34.9 Å². The molecule has 4 atom stereocenters. The number of benzene rings is 3. The highest BCUT2D eigenvalue weighted by Gasteiger charge is 2.56. The van der Waals surface area contributed by atoms with Crippen LogP contribution in [0, 0.1) is 39.5 Å². The number of aliphatic hydroxyl groups is 1. The summed E-state index contributed by atoms with van der Waals surface area (Å²) in [6.07, 6.45) is -0.329. The summed E-state index contributed by atoms with van der Waals surface area (Å²) in [7, 11) is 0. The van der Waals surface area contributed by atoms with Crippen molar-refractivity contribution >= 4 is 29.0 Å². The summed E-state index contributed by atoms with van der Waals surface area (Å²) in [6.45, 7) is 11.5. The third-order valence-corrected chi connectivity index (χ3v) is 7.67. The van der Waals surface area contributed by atoms with Crippen LogP contribution in [0.5, 0.6) is 5.75 Å². The van der Waals surface area contributed by atoms with Crippen molar-refractivity contribution in [2.45, 2.75) is 59.5 Å². The van der Waals surface area contributed by atoms with Gasteiger partial charge in [0.15, 0.2) is 0 Å². The van der Waals surface area contributed by atoms with E-state index in [2.05, 4.69) is 10.6 Å². The van der Waals surface area contributed by atoms with Crippen molar-refractivity contribution in [3.05, 3.63) is 88.5 Å². The van der Waals surface area contributed by atoms with Gasteiger partial charge in [0.1, 0.15) is 17.5 Å². The average molecular weight is 543 g/mol. The smallest absolute Gasteiger partial charge is 0.235 e. The molecule has 1 saturated carbocycles. The average Bonchev–Trinajstić information content (AvgIpc) is 2.86. The largest absolute Gasteiger partial charge is 0.494 e. The zero-order valence-corrected chi connectivity index (χ0v) is 24.0. The second-order valence-electron chi connectivity index (χ2n) is 11.1. The predicted octanol–water partition coefficient (Wildman–Crippen LogP) is 5.64. The zero-order chi connectivity index (χ0) is 29.2. The molecular weight excluding hydrogens is 504 g/mol. The molecule has 0 spiro atoms. The monoisotopic (exact) mass is 542 g/mol. The Labute approximate surface area is 236 Å². The van der Waals surface area contributed by atoms with Crippen LogP contribution in [0.3, 0.4) is 0 Å². The summed E-state index contributed by atoms with van der Waals surface area (Å²) >= 11 is 0. The number of carbonyl (C=O) groups is 3. The SMILES string of the molecule is CCOc1cccc(C2C(C(=O)Nc3ccc(C)cc3C)C(=O)CC(C)(O)C2C(=O)Nc2ccc(C)cc2C)c1. The highest BCUT2D eigenvalue weighted by atomic mass is 16.5. The summed E-state index contributed by atoms with van der Waals surface area (Å²) in [4.78, 5) is 41.5. The lowest BCUT2D eigenvalue weighted by atomic mass is 9.61. The van der Waals surface area contributed by atoms with Crippen LogP contribution in [0.4, 0.5) is 11.4 Å². The van der Waals surface area contributed by atoms with E-state index in [0.29, 0.717) is 29.3 Å². The van der Waals surface area contributed by atoms with E-state index in [1.807, 2.05) is 65.0 Å². The number of hydrogen-bond donors (Lipinski definition) is 3. The van der Waals surface area contributed by atoms with Gasteiger partial charge in [-0.3, -0.25) is 14.4 Å². The van der Waals surface area contributed by atoms with E-state index in [-0.39, 0.29) is 6.42 Å². The normalized spacial score (nSPS) is 22.5. The van der Waals surface area contributed by atoms with Gasteiger partial charge in [-0.05, 0) is 82.5 Å². The molecule has 1 fully saturated rings. The van der Waals surface area contributed by atoms with Crippen LogP contribution in [0.25, 0.3) is 0 Å².